The SMILES string of the molecule is CCOCC(COC)NN. The molecule has 0 rings (SSSR count). The molecule has 0 aromatic heterocycles. The van der Waals surface area contributed by atoms with Crippen molar-refractivity contribution >= 4 is 0 Å². The third-order valence-corrected chi connectivity index (χ3v) is 1.13. The lowest BCUT2D eigenvalue weighted by atomic mass is 10.3. The molecule has 0 saturated carbocycles. The molecule has 62 valence electrons. The third-order valence-electron chi connectivity index (χ3n) is 1.13. The number of methoxy groups -OCH3 is 1. The number of hydrazine groups is 1. The number of rotatable bonds is 6. The molecule has 0 aromatic rings. The Kier molecular flexibility index (Phi) is 6.84. The van der Waals surface area contributed by atoms with Gasteiger partial charge in [-0.05, 0) is 6.92 Å². The first-order valence-corrected chi connectivity index (χ1v) is 3.38. The van der Waals surface area contributed by atoms with Gasteiger partial charge in [-0.25, -0.2) is 0 Å². The van der Waals surface area contributed by atoms with Gasteiger partial charge in [-0.15, -0.1) is 0 Å². The van der Waals surface area contributed by atoms with Gasteiger partial charge in [0.15, 0.2) is 0 Å². The normalized spacial score (nSPS) is 13.5. The van der Waals surface area contributed by atoms with Crippen LogP contribution in [0.25, 0.3) is 0 Å². The van der Waals surface area contributed by atoms with E-state index in [1.807, 2.05) is 6.92 Å². The van der Waals surface area contributed by atoms with Crippen molar-refractivity contribution in [3.05, 3.63) is 0 Å². The van der Waals surface area contributed by atoms with Crippen molar-refractivity contribution in [1.82, 2.24) is 5.43 Å². The van der Waals surface area contributed by atoms with Crippen molar-refractivity contribution in [1.29, 1.82) is 0 Å². The maximum absolute atomic E-state index is 5.19. The van der Waals surface area contributed by atoms with Crippen molar-refractivity contribution in [3.8, 4) is 0 Å². The fourth-order valence-electron chi connectivity index (χ4n) is 0.606. The highest BCUT2D eigenvalue weighted by molar-refractivity contribution is 4.59. The van der Waals surface area contributed by atoms with Crippen LogP contribution >= 0.6 is 0 Å². The highest BCUT2D eigenvalue weighted by atomic mass is 16.5. The lowest BCUT2D eigenvalue weighted by Crippen LogP contribution is -2.41. The van der Waals surface area contributed by atoms with Crippen molar-refractivity contribution in [3.63, 3.8) is 0 Å². The molecule has 0 spiro atoms. The Labute approximate surface area is 61.7 Å². The summed E-state index contributed by atoms with van der Waals surface area (Å²) in [4.78, 5) is 0. The van der Waals surface area contributed by atoms with Gasteiger partial charge in [0.2, 0.25) is 0 Å². The van der Waals surface area contributed by atoms with Crippen LogP contribution in [0.4, 0.5) is 0 Å². The van der Waals surface area contributed by atoms with E-state index in [9.17, 15) is 0 Å². The van der Waals surface area contributed by atoms with Crippen LogP contribution in [0.3, 0.4) is 0 Å². The minimum Gasteiger partial charge on any atom is -0.383 e. The first-order valence-electron chi connectivity index (χ1n) is 3.38. The second kappa shape index (κ2) is 6.95. The minimum absolute atomic E-state index is 0.102. The largest absolute Gasteiger partial charge is 0.383 e. The molecule has 3 N–H and O–H groups in total. The van der Waals surface area contributed by atoms with Gasteiger partial charge in [-0.1, -0.05) is 0 Å². The summed E-state index contributed by atoms with van der Waals surface area (Å²) in [6.45, 7) is 3.83. The molecule has 0 amide bonds. The highest BCUT2D eigenvalue weighted by Crippen LogP contribution is 1.84. The van der Waals surface area contributed by atoms with Gasteiger partial charge in [0.05, 0.1) is 19.3 Å². The summed E-state index contributed by atoms with van der Waals surface area (Å²) in [6, 6.07) is 0.102. The number of nitrogens with two attached hydrogens (primary N) is 1. The third kappa shape index (κ3) is 4.69. The molecule has 0 saturated heterocycles. The zero-order chi connectivity index (χ0) is 7.82. The average Bonchev–Trinajstić information content (AvgIpc) is 1.98. The van der Waals surface area contributed by atoms with Gasteiger partial charge in [-0.2, -0.15) is 0 Å². The molecule has 1 atom stereocenters. The van der Waals surface area contributed by atoms with Crippen LogP contribution in [0, 0.1) is 0 Å². The van der Waals surface area contributed by atoms with Crippen LogP contribution in [-0.2, 0) is 9.47 Å². The predicted octanol–water partition coefficient (Wildman–Crippen LogP) is -0.499. The Morgan fingerprint density at radius 2 is 2.20 bits per heavy atom. The van der Waals surface area contributed by atoms with E-state index >= 15 is 0 Å². The van der Waals surface area contributed by atoms with E-state index in [1.54, 1.807) is 7.11 Å². The molecular formula is C6H16N2O2. The zero-order valence-electron chi connectivity index (χ0n) is 6.59. The molecule has 0 aromatic carbocycles. The van der Waals surface area contributed by atoms with Crippen LogP contribution in [0.5, 0.6) is 0 Å². The Bertz CT molecular complexity index is 70.8. The number of nitrogens with one attached hydrogen (secondary N) is 1. The van der Waals surface area contributed by atoms with E-state index in [-0.39, 0.29) is 6.04 Å². The van der Waals surface area contributed by atoms with Gasteiger partial charge in [0.25, 0.3) is 0 Å². The Balaban J connectivity index is 3.21. The monoisotopic (exact) mass is 148 g/mol. The molecule has 0 radical (unpaired) electrons. The van der Waals surface area contributed by atoms with Gasteiger partial charge < -0.3 is 9.47 Å². The van der Waals surface area contributed by atoms with Crippen molar-refractivity contribution in [2.75, 3.05) is 26.9 Å². The van der Waals surface area contributed by atoms with E-state index in [0.717, 1.165) is 0 Å². The number of hydrogen-bond donors (Lipinski definition) is 2. The first-order chi connectivity index (χ1) is 4.85. The molecule has 1 unspecified atom stereocenters. The molecule has 0 fully saturated rings. The van der Waals surface area contributed by atoms with Gasteiger partial charge in [0, 0.05) is 13.7 Å². The molecule has 4 heteroatoms. The van der Waals surface area contributed by atoms with Crippen LogP contribution < -0.4 is 11.3 Å². The summed E-state index contributed by atoms with van der Waals surface area (Å²) in [5, 5.41) is 0. The fraction of sp³-hybridized carbons (Fsp3) is 1.00. The molecule has 0 aliphatic rings. The lowest BCUT2D eigenvalue weighted by molar-refractivity contribution is 0.0811. The topological polar surface area (TPSA) is 56.5 Å². The van der Waals surface area contributed by atoms with Crippen LogP contribution in [0.2, 0.25) is 0 Å². The van der Waals surface area contributed by atoms with Crippen molar-refractivity contribution in [2.24, 2.45) is 5.84 Å². The molecular weight excluding hydrogens is 132 g/mol. The maximum atomic E-state index is 5.19. The summed E-state index contributed by atoms with van der Waals surface area (Å²) >= 11 is 0. The molecule has 0 heterocycles. The number of ether oxygens (including phenoxy) is 2. The average molecular weight is 148 g/mol. The van der Waals surface area contributed by atoms with Crippen molar-refractivity contribution < 1.29 is 9.47 Å². The predicted molar refractivity (Wildman–Crippen MR) is 39.5 cm³/mol. The summed E-state index contributed by atoms with van der Waals surface area (Å²) in [7, 11) is 1.64. The standard InChI is InChI=1S/C6H16N2O2/c1-3-10-5-6(8-7)4-9-2/h6,8H,3-5,7H2,1-2H3. The molecule has 10 heavy (non-hydrogen) atoms. The van der Waals surface area contributed by atoms with E-state index < -0.39 is 0 Å². The van der Waals surface area contributed by atoms with Crippen LogP contribution in [0.1, 0.15) is 6.92 Å². The molecule has 4 nitrogen and oxygen atoms in total. The second-order valence-electron chi connectivity index (χ2n) is 1.98. The fourth-order valence-corrected chi connectivity index (χ4v) is 0.606. The van der Waals surface area contributed by atoms with Gasteiger partial charge in [0.1, 0.15) is 0 Å². The zero-order valence-corrected chi connectivity index (χ0v) is 6.59. The second-order valence-corrected chi connectivity index (χ2v) is 1.98. The first kappa shape index (κ1) is 9.84. The Hall–Kier alpha value is -0.160. The highest BCUT2D eigenvalue weighted by Gasteiger charge is 2.03. The summed E-state index contributed by atoms with van der Waals surface area (Å²) in [5.74, 6) is 5.19. The van der Waals surface area contributed by atoms with Gasteiger partial charge in [-0.3, -0.25) is 11.3 Å². The van der Waals surface area contributed by atoms with Crippen molar-refractivity contribution in [2.45, 2.75) is 13.0 Å². The van der Waals surface area contributed by atoms with Crippen LogP contribution in [-0.4, -0.2) is 33.0 Å². The Morgan fingerprint density at radius 3 is 2.60 bits per heavy atom. The maximum Gasteiger partial charge on any atom is 0.0678 e. The Morgan fingerprint density at radius 1 is 1.50 bits per heavy atom. The molecule has 0 aliphatic carbocycles. The van der Waals surface area contributed by atoms with Gasteiger partial charge >= 0.3 is 0 Å². The molecule has 0 aliphatic heterocycles. The van der Waals surface area contributed by atoms with E-state index in [0.29, 0.717) is 19.8 Å². The van der Waals surface area contributed by atoms with E-state index in [4.69, 9.17) is 15.3 Å². The summed E-state index contributed by atoms with van der Waals surface area (Å²) in [5.41, 5.74) is 2.59. The smallest absolute Gasteiger partial charge is 0.0678 e. The lowest BCUT2D eigenvalue weighted by Gasteiger charge is -2.13. The summed E-state index contributed by atoms with van der Waals surface area (Å²) in [6.07, 6.45) is 0. The quantitative estimate of drug-likeness (QED) is 0.394. The molecule has 0 bridgehead atoms. The van der Waals surface area contributed by atoms with E-state index in [1.165, 1.54) is 0 Å². The summed E-state index contributed by atoms with van der Waals surface area (Å²) < 4.78 is 9.99. The van der Waals surface area contributed by atoms with Crippen LogP contribution in [0.15, 0.2) is 0 Å². The minimum atomic E-state index is 0.102. The number of hydrogen-bond acceptors (Lipinski definition) is 4. The van der Waals surface area contributed by atoms with E-state index in [2.05, 4.69) is 5.43 Å².